The molecule has 47 valence electrons. The van der Waals surface area contributed by atoms with Crippen LogP contribution in [0.1, 0.15) is 26.7 Å². The van der Waals surface area contributed by atoms with Crippen molar-refractivity contribution in [1.29, 1.82) is 0 Å². The zero-order valence-electron chi connectivity index (χ0n) is 5.85. The summed E-state index contributed by atoms with van der Waals surface area (Å²) in [5.41, 5.74) is 0. The predicted octanol–water partition coefficient (Wildman–Crippen LogP) is 2.81. The molecule has 0 aromatic carbocycles. The van der Waals surface area contributed by atoms with Gasteiger partial charge in [-0.1, -0.05) is 19.9 Å². The highest BCUT2D eigenvalue weighted by Crippen LogP contribution is 2.04. The van der Waals surface area contributed by atoms with Crippen molar-refractivity contribution in [3.8, 4) is 0 Å². The first-order valence-electron chi connectivity index (χ1n) is 3.20. The van der Waals surface area contributed by atoms with Gasteiger partial charge < -0.3 is 0 Å². The molecule has 0 aliphatic rings. The Morgan fingerprint density at radius 3 is 2.50 bits per heavy atom. The second-order valence-electron chi connectivity index (χ2n) is 2.44. The fourth-order valence-electron chi connectivity index (χ4n) is 0.547. The lowest BCUT2D eigenvalue weighted by molar-refractivity contribution is 0.631. The van der Waals surface area contributed by atoms with Crippen LogP contribution in [0.3, 0.4) is 0 Å². The molecule has 0 aliphatic heterocycles. The molecule has 0 heterocycles. The highest BCUT2D eigenvalue weighted by Gasteiger charge is 1.89. The third-order valence-corrected chi connectivity index (χ3v) is 0.971. The van der Waals surface area contributed by atoms with Gasteiger partial charge in [-0.3, -0.25) is 0 Å². The van der Waals surface area contributed by atoms with E-state index in [1.807, 2.05) is 6.08 Å². The van der Waals surface area contributed by atoms with Crippen molar-refractivity contribution in [3.63, 3.8) is 0 Å². The summed E-state index contributed by atoms with van der Waals surface area (Å²) in [7, 11) is 0. The van der Waals surface area contributed by atoms with Gasteiger partial charge in [0.05, 0.1) is 0 Å². The molecule has 0 spiro atoms. The van der Waals surface area contributed by atoms with Crippen molar-refractivity contribution in [1.82, 2.24) is 0 Å². The summed E-state index contributed by atoms with van der Waals surface area (Å²) in [5, 5.41) is 0. The fourth-order valence-corrected chi connectivity index (χ4v) is 0.547. The third-order valence-electron chi connectivity index (χ3n) is 0.971. The van der Waals surface area contributed by atoms with Crippen LogP contribution in [0.4, 0.5) is 0 Å². The van der Waals surface area contributed by atoms with Crippen LogP contribution in [0.5, 0.6) is 0 Å². The number of hydrogen-bond donors (Lipinski definition) is 0. The van der Waals surface area contributed by atoms with Crippen molar-refractivity contribution in [2.24, 2.45) is 5.92 Å². The molecule has 0 unspecified atom stereocenters. The van der Waals surface area contributed by atoms with Crippen molar-refractivity contribution in [2.75, 3.05) is 0 Å². The lowest BCUT2D eigenvalue weighted by Crippen LogP contribution is -1.85. The SMILES string of the molecule is C=CC[CH]CC(C)C. The Morgan fingerprint density at radius 2 is 2.12 bits per heavy atom. The van der Waals surface area contributed by atoms with E-state index in [1.54, 1.807) is 0 Å². The van der Waals surface area contributed by atoms with E-state index < -0.39 is 0 Å². The Hall–Kier alpha value is -0.260. The Balaban J connectivity index is 2.81. The molecule has 0 aliphatic carbocycles. The van der Waals surface area contributed by atoms with E-state index in [0.29, 0.717) is 0 Å². The Kier molecular flexibility index (Phi) is 4.73. The van der Waals surface area contributed by atoms with Gasteiger partial charge in [-0.2, -0.15) is 0 Å². The van der Waals surface area contributed by atoms with Crippen molar-refractivity contribution >= 4 is 0 Å². The normalized spacial score (nSPS) is 9.88. The molecule has 0 nitrogen and oxygen atoms in total. The first-order chi connectivity index (χ1) is 3.77. The molecule has 0 rings (SSSR count). The van der Waals surface area contributed by atoms with E-state index >= 15 is 0 Å². The van der Waals surface area contributed by atoms with Gasteiger partial charge in [-0.05, 0) is 25.2 Å². The lowest BCUT2D eigenvalue weighted by Gasteiger charge is -1.99. The summed E-state index contributed by atoms with van der Waals surface area (Å²) in [6.07, 6.45) is 6.46. The molecule has 0 heteroatoms. The molecular formula is C8H15. The maximum Gasteiger partial charge on any atom is -0.0322 e. The molecule has 0 saturated carbocycles. The average Bonchev–Trinajstić information content (AvgIpc) is 1.66. The van der Waals surface area contributed by atoms with Crippen LogP contribution >= 0.6 is 0 Å². The molecule has 0 N–H and O–H groups in total. The number of rotatable bonds is 4. The van der Waals surface area contributed by atoms with Crippen LogP contribution < -0.4 is 0 Å². The molecule has 0 amide bonds. The van der Waals surface area contributed by atoms with Crippen molar-refractivity contribution in [3.05, 3.63) is 19.1 Å². The van der Waals surface area contributed by atoms with Crippen LogP contribution in [-0.4, -0.2) is 0 Å². The van der Waals surface area contributed by atoms with Crippen LogP contribution in [0.25, 0.3) is 0 Å². The van der Waals surface area contributed by atoms with Gasteiger partial charge in [0.15, 0.2) is 0 Å². The molecule has 0 aromatic rings. The summed E-state index contributed by atoms with van der Waals surface area (Å²) >= 11 is 0. The minimum Gasteiger partial charge on any atom is -0.103 e. The summed E-state index contributed by atoms with van der Waals surface area (Å²) in [6, 6.07) is 0. The molecule has 0 saturated heterocycles. The summed E-state index contributed by atoms with van der Waals surface area (Å²) < 4.78 is 0. The monoisotopic (exact) mass is 111 g/mol. The molecule has 0 fully saturated rings. The quantitative estimate of drug-likeness (QED) is 0.386. The molecule has 1 radical (unpaired) electrons. The van der Waals surface area contributed by atoms with E-state index in [9.17, 15) is 0 Å². The van der Waals surface area contributed by atoms with Gasteiger partial charge in [-0.25, -0.2) is 0 Å². The lowest BCUT2D eigenvalue weighted by atomic mass is 10.1. The molecule has 0 atom stereocenters. The van der Waals surface area contributed by atoms with E-state index in [4.69, 9.17) is 0 Å². The number of hydrogen-bond acceptors (Lipinski definition) is 0. The van der Waals surface area contributed by atoms with Crippen LogP contribution in [-0.2, 0) is 0 Å². The molecule has 8 heavy (non-hydrogen) atoms. The van der Waals surface area contributed by atoms with Gasteiger partial charge >= 0.3 is 0 Å². The van der Waals surface area contributed by atoms with E-state index in [0.717, 1.165) is 12.3 Å². The van der Waals surface area contributed by atoms with Crippen LogP contribution in [0.2, 0.25) is 0 Å². The standard InChI is InChI=1S/C8H15/c1-4-5-6-7-8(2)3/h4,6,8H,1,5,7H2,2-3H3. The maximum atomic E-state index is 3.63. The minimum atomic E-state index is 0.801. The highest BCUT2D eigenvalue weighted by atomic mass is 14.0. The Morgan fingerprint density at radius 1 is 1.50 bits per heavy atom. The van der Waals surface area contributed by atoms with Gasteiger partial charge in [0.25, 0.3) is 0 Å². The Labute approximate surface area is 52.6 Å². The third kappa shape index (κ3) is 5.74. The van der Waals surface area contributed by atoms with E-state index in [-0.39, 0.29) is 0 Å². The zero-order chi connectivity index (χ0) is 6.41. The highest BCUT2D eigenvalue weighted by molar-refractivity contribution is 4.78. The maximum absolute atomic E-state index is 3.63. The van der Waals surface area contributed by atoms with Crippen molar-refractivity contribution < 1.29 is 0 Å². The van der Waals surface area contributed by atoms with E-state index in [2.05, 4.69) is 26.8 Å². The second kappa shape index (κ2) is 4.89. The van der Waals surface area contributed by atoms with Gasteiger partial charge in [0.2, 0.25) is 0 Å². The first-order valence-corrected chi connectivity index (χ1v) is 3.20. The summed E-state index contributed by atoms with van der Waals surface area (Å²) in [4.78, 5) is 0. The van der Waals surface area contributed by atoms with Gasteiger partial charge in [0.1, 0.15) is 0 Å². The Bertz CT molecular complexity index is 53.1. The molecular weight excluding hydrogens is 96.1 g/mol. The zero-order valence-corrected chi connectivity index (χ0v) is 5.85. The van der Waals surface area contributed by atoms with Gasteiger partial charge in [-0.15, -0.1) is 6.58 Å². The van der Waals surface area contributed by atoms with Crippen molar-refractivity contribution in [2.45, 2.75) is 26.7 Å². The largest absolute Gasteiger partial charge is 0.103 e. The van der Waals surface area contributed by atoms with Gasteiger partial charge in [0, 0.05) is 0 Å². The summed E-state index contributed by atoms with van der Waals surface area (Å²) in [6.45, 7) is 8.07. The first kappa shape index (κ1) is 7.74. The number of allylic oxidation sites excluding steroid dienone is 1. The molecule has 0 bridgehead atoms. The predicted molar refractivity (Wildman–Crippen MR) is 38.6 cm³/mol. The average molecular weight is 111 g/mol. The second-order valence-corrected chi connectivity index (χ2v) is 2.44. The minimum absolute atomic E-state index is 0.801. The topological polar surface area (TPSA) is 0 Å². The van der Waals surface area contributed by atoms with Crippen LogP contribution in [0, 0.1) is 12.3 Å². The van der Waals surface area contributed by atoms with Crippen LogP contribution in [0.15, 0.2) is 12.7 Å². The summed E-state index contributed by atoms with van der Waals surface area (Å²) in [5.74, 6) is 0.801. The number of unbranched alkanes of at least 4 members (excludes halogenated alkanes) is 1. The smallest absolute Gasteiger partial charge is 0.0322 e. The fraction of sp³-hybridized carbons (Fsp3) is 0.625. The van der Waals surface area contributed by atoms with E-state index in [1.165, 1.54) is 6.42 Å². The molecule has 0 aromatic heterocycles.